The Kier molecular flexibility index (Phi) is 4.45. The molecular weight excluding hydrogens is 250 g/mol. The zero-order valence-electron chi connectivity index (χ0n) is 12.7. The van der Waals surface area contributed by atoms with Crippen LogP contribution >= 0.6 is 0 Å². The molecule has 4 nitrogen and oxygen atoms in total. The van der Waals surface area contributed by atoms with Gasteiger partial charge in [-0.25, -0.2) is 4.98 Å². The first-order chi connectivity index (χ1) is 9.58. The number of ether oxygens (including phenoxy) is 1. The topological polar surface area (TPSA) is 51.4 Å². The van der Waals surface area contributed by atoms with Crippen LogP contribution in [0.1, 0.15) is 17.7 Å². The predicted molar refractivity (Wildman–Crippen MR) is 84.7 cm³/mol. The minimum Gasteiger partial charge on any atom is -0.494 e. The van der Waals surface area contributed by atoms with E-state index in [9.17, 15) is 0 Å². The second-order valence-corrected chi connectivity index (χ2v) is 5.22. The molecule has 0 bridgehead atoms. The quantitative estimate of drug-likeness (QED) is 0.909. The maximum atomic E-state index is 5.65. The molecule has 0 radical (unpaired) electrons. The van der Waals surface area contributed by atoms with Crippen LogP contribution in [0.4, 0.5) is 5.69 Å². The number of pyridine rings is 1. The van der Waals surface area contributed by atoms with Crippen molar-refractivity contribution in [2.45, 2.75) is 19.8 Å². The van der Waals surface area contributed by atoms with Crippen LogP contribution in [-0.2, 0) is 6.42 Å². The Labute approximate surface area is 120 Å². The fourth-order valence-corrected chi connectivity index (χ4v) is 2.51. The molecule has 108 valence electrons. The molecule has 0 aliphatic heterocycles. The van der Waals surface area contributed by atoms with Gasteiger partial charge in [-0.1, -0.05) is 6.07 Å². The maximum Gasteiger partial charge on any atom is 0.145 e. The molecular formula is C16H23N3O. The molecule has 0 saturated heterocycles. The minimum atomic E-state index is 0.699. The van der Waals surface area contributed by atoms with E-state index in [0.717, 1.165) is 29.8 Å². The van der Waals surface area contributed by atoms with Crippen LogP contribution < -0.4 is 15.4 Å². The lowest BCUT2D eigenvalue weighted by atomic mass is 10.0. The van der Waals surface area contributed by atoms with Crippen LogP contribution in [0.25, 0.3) is 10.9 Å². The number of anilines is 1. The van der Waals surface area contributed by atoms with E-state index in [0.29, 0.717) is 6.54 Å². The number of methoxy groups -OCH3 is 1. The number of aromatic nitrogens is 1. The van der Waals surface area contributed by atoms with Gasteiger partial charge in [0, 0.05) is 30.9 Å². The highest BCUT2D eigenvalue weighted by Crippen LogP contribution is 2.34. The Hall–Kier alpha value is -1.81. The van der Waals surface area contributed by atoms with Gasteiger partial charge < -0.3 is 15.4 Å². The van der Waals surface area contributed by atoms with Gasteiger partial charge in [0.15, 0.2) is 0 Å². The molecule has 1 aromatic carbocycles. The summed E-state index contributed by atoms with van der Waals surface area (Å²) >= 11 is 0. The van der Waals surface area contributed by atoms with Crippen LogP contribution in [-0.4, -0.2) is 32.7 Å². The highest BCUT2D eigenvalue weighted by Gasteiger charge is 2.14. The fraction of sp³-hybridized carbons (Fsp3) is 0.438. The first-order valence-corrected chi connectivity index (χ1v) is 6.93. The number of rotatable bonds is 5. The number of nitrogens with zero attached hydrogens (tertiary/aromatic N) is 2. The Bertz CT molecular complexity index is 608. The third-order valence-electron chi connectivity index (χ3n) is 3.47. The molecule has 4 heteroatoms. The van der Waals surface area contributed by atoms with E-state index in [-0.39, 0.29) is 0 Å². The van der Waals surface area contributed by atoms with Crippen molar-refractivity contribution in [2.24, 2.45) is 5.73 Å². The summed E-state index contributed by atoms with van der Waals surface area (Å²) in [6.07, 6.45) is 1.94. The van der Waals surface area contributed by atoms with E-state index in [2.05, 4.69) is 36.1 Å². The van der Waals surface area contributed by atoms with E-state index in [1.54, 1.807) is 7.11 Å². The summed E-state index contributed by atoms with van der Waals surface area (Å²) in [7, 11) is 5.80. The molecule has 2 rings (SSSR count). The third-order valence-corrected chi connectivity index (χ3v) is 3.47. The van der Waals surface area contributed by atoms with Gasteiger partial charge in [0.05, 0.1) is 7.11 Å². The number of hydrogen-bond donors (Lipinski definition) is 1. The van der Waals surface area contributed by atoms with E-state index in [4.69, 9.17) is 10.5 Å². The Morgan fingerprint density at radius 1 is 1.30 bits per heavy atom. The molecule has 0 fully saturated rings. The van der Waals surface area contributed by atoms with Crippen molar-refractivity contribution in [1.82, 2.24) is 4.98 Å². The normalized spacial score (nSPS) is 10.8. The van der Waals surface area contributed by atoms with E-state index in [1.165, 1.54) is 16.6 Å². The Morgan fingerprint density at radius 3 is 2.65 bits per heavy atom. The molecule has 0 spiro atoms. The van der Waals surface area contributed by atoms with Gasteiger partial charge in [-0.05, 0) is 44.0 Å². The van der Waals surface area contributed by atoms with Gasteiger partial charge in [-0.15, -0.1) is 0 Å². The highest BCUT2D eigenvalue weighted by atomic mass is 16.5. The lowest BCUT2D eigenvalue weighted by Crippen LogP contribution is -2.11. The molecule has 2 N–H and O–H groups in total. The minimum absolute atomic E-state index is 0.699. The SMILES string of the molecule is COc1ccc(CCCN)c2c(N(C)C)cc(C)nc12. The van der Waals surface area contributed by atoms with Crippen LogP contribution in [0.2, 0.25) is 0 Å². The zero-order valence-corrected chi connectivity index (χ0v) is 12.7. The van der Waals surface area contributed by atoms with Crippen LogP contribution in [0, 0.1) is 6.92 Å². The molecule has 0 aliphatic carbocycles. The lowest BCUT2D eigenvalue weighted by Gasteiger charge is -2.19. The molecule has 0 saturated carbocycles. The van der Waals surface area contributed by atoms with Crippen molar-refractivity contribution in [3.8, 4) is 5.75 Å². The number of benzene rings is 1. The summed E-state index contributed by atoms with van der Waals surface area (Å²) in [5.74, 6) is 0.822. The van der Waals surface area contributed by atoms with Crippen molar-refractivity contribution < 1.29 is 4.74 Å². The summed E-state index contributed by atoms with van der Waals surface area (Å²) < 4.78 is 5.47. The zero-order chi connectivity index (χ0) is 14.7. The number of aryl methyl sites for hydroxylation is 2. The fourth-order valence-electron chi connectivity index (χ4n) is 2.51. The smallest absolute Gasteiger partial charge is 0.145 e. The van der Waals surface area contributed by atoms with E-state index < -0.39 is 0 Å². The van der Waals surface area contributed by atoms with Gasteiger partial charge in [-0.3, -0.25) is 0 Å². The molecule has 0 aliphatic rings. The monoisotopic (exact) mass is 273 g/mol. The predicted octanol–water partition coefficient (Wildman–Crippen LogP) is 2.51. The van der Waals surface area contributed by atoms with E-state index in [1.807, 2.05) is 13.0 Å². The second kappa shape index (κ2) is 6.09. The summed E-state index contributed by atoms with van der Waals surface area (Å²) in [4.78, 5) is 6.80. The molecule has 0 amide bonds. The molecule has 2 aromatic rings. The molecule has 20 heavy (non-hydrogen) atoms. The van der Waals surface area contributed by atoms with Gasteiger partial charge in [0.25, 0.3) is 0 Å². The van der Waals surface area contributed by atoms with Crippen LogP contribution in [0.3, 0.4) is 0 Å². The van der Waals surface area contributed by atoms with Gasteiger partial charge in [-0.2, -0.15) is 0 Å². The summed E-state index contributed by atoms with van der Waals surface area (Å²) in [5.41, 5.74) is 10.0. The Balaban J connectivity index is 2.75. The average Bonchev–Trinajstić information content (AvgIpc) is 2.43. The highest BCUT2D eigenvalue weighted by molar-refractivity contribution is 5.98. The molecule has 0 unspecified atom stereocenters. The first-order valence-electron chi connectivity index (χ1n) is 6.93. The average molecular weight is 273 g/mol. The Morgan fingerprint density at radius 2 is 2.05 bits per heavy atom. The third kappa shape index (κ3) is 2.70. The largest absolute Gasteiger partial charge is 0.494 e. The van der Waals surface area contributed by atoms with Gasteiger partial charge in [0.1, 0.15) is 11.3 Å². The number of fused-ring (bicyclic) bond motifs is 1. The maximum absolute atomic E-state index is 5.65. The van der Waals surface area contributed by atoms with Gasteiger partial charge in [0.2, 0.25) is 0 Å². The van der Waals surface area contributed by atoms with Crippen molar-refractivity contribution in [1.29, 1.82) is 0 Å². The van der Waals surface area contributed by atoms with Crippen LogP contribution in [0.5, 0.6) is 5.75 Å². The number of nitrogens with two attached hydrogens (primary N) is 1. The molecule has 1 aromatic heterocycles. The van der Waals surface area contributed by atoms with Crippen molar-refractivity contribution in [2.75, 3.05) is 32.6 Å². The summed E-state index contributed by atoms with van der Waals surface area (Å²) in [6, 6.07) is 6.24. The van der Waals surface area contributed by atoms with Crippen molar-refractivity contribution in [3.63, 3.8) is 0 Å². The number of hydrogen-bond acceptors (Lipinski definition) is 4. The summed E-state index contributed by atoms with van der Waals surface area (Å²) in [5, 5.41) is 1.17. The van der Waals surface area contributed by atoms with Crippen molar-refractivity contribution >= 4 is 16.6 Å². The second-order valence-electron chi connectivity index (χ2n) is 5.22. The van der Waals surface area contributed by atoms with E-state index >= 15 is 0 Å². The first kappa shape index (κ1) is 14.6. The molecule has 1 heterocycles. The lowest BCUT2D eigenvalue weighted by molar-refractivity contribution is 0.418. The van der Waals surface area contributed by atoms with Crippen LogP contribution in [0.15, 0.2) is 18.2 Å². The summed E-state index contributed by atoms with van der Waals surface area (Å²) in [6.45, 7) is 2.71. The molecule has 0 atom stereocenters. The van der Waals surface area contributed by atoms with Gasteiger partial charge >= 0.3 is 0 Å². The standard InChI is InChI=1S/C16H23N3O/c1-11-10-13(19(2)3)15-12(6-5-9-17)7-8-14(20-4)16(15)18-11/h7-8,10H,5-6,9,17H2,1-4H3. The van der Waals surface area contributed by atoms with Crippen molar-refractivity contribution in [3.05, 3.63) is 29.5 Å².